The topological polar surface area (TPSA) is 123 Å². The molecule has 1 fully saturated rings. The second kappa shape index (κ2) is 9.75. The van der Waals surface area contributed by atoms with Crippen molar-refractivity contribution < 1.29 is 27.8 Å². The van der Waals surface area contributed by atoms with E-state index in [4.69, 9.17) is 9.47 Å². The summed E-state index contributed by atoms with van der Waals surface area (Å²) in [5.41, 5.74) is 0.968. The maximum absolute atomic E-state index is 12.5. The average Bonchev–Trinajstić information content (AvgIpc) is 3.39. The Kier molecular flexibility index (Phi) is 7.08. The standard InChI is InChI=1S/C19H26F2N6O4/c1-10(2)22-19(29)31-12-5-4-11(6-12)13-7-16(25-24-13)23-18(28)14-8-17(26-27(14)3)30-9-15(20)21/h7-8,10-12,15H,4-6,9H2,1-3H3,(H,22,29)(H2,23,24,25,28). The van der Waals surface area contributed by atoms with E-state index >= 15 is 0 Å². The molecule has 10 nitrogen and oxygen atoms in total. The van der Waals surface area contributed by atoms with Gasteiger partial charge in [-0.1, -0.05) is 0 Å². The van der Waals surface area contributed by atoms with Gasteiger partial charge in [0.05, 0.1) is 0 Å². The molecular weight excluding hydrogens is 414 g/mol. The summed E-state index contributed by atoms with van der Waals surface area (Å²) in [7, 11) is 1.51. The minimum atomic E-state index is -2.63. The molecule has 0 spiro atoms. The van der Waals surface area contributed by atoms with Gasteiger partial charge in [-0.25, -0.2) is 13.6 Å². The first kappa shape index (κ1) is 22.5. The fourth-order valence-corrected chi connectivity index (χ4v) is 3.41. The van der Waals surface area contributed by atoms with Gasteiger partial charge in [-0.15, -0.1) is 5.10 Å². The lowest BCUT2D eigenvalue weighted by Gasteiger charge is -2.14. The molecule has 2 heterocycles. The zero-order valence-electron chi connectivity index (χ0n) is 17.5. The number of aromatic nitrogens is 4. The number of aryl methyl sites for hydroxylation is 1. The first-order valence-corrected chi connectivity index (χ1v) is 10.00. The molecule has 0 saturated heterocycles. The van der Waals surface area contributed by atoms with Crippen molar-refractivity contribution >= 4 is 17.8 Å². The number of alkyl halides is 2. The number of amides is 2. The van der Waals surface area contributed by atoms with E-state index in [-0.39, 0.29) is 29.6 Å². The smallest absolute Gasteiger partial charge is 0.407 e. The van der Waals surface area contributed by atoms with Crippen molar-refractivity contribution in [3.8, 4) is 5.88 Å². The van der Waals surface area contributed by atoms with E-state index in [0.29, 0.717) is 12.2 Å². The van der Waals surface area contributed by atoms with Crippen molar-refractivity contribution in [3.05, 3.63) is 23.5 Å². The van der Waals surface area contributed by atoms with Gasteiger partial charge in [-0.05, 0) is 33.1 Å². The first-order valence-electron chi connectivity index (χ1n) is 10.00. The Bertz CT molecular complexity index is 913. The van der Waals surface area contributed by atoms with Crippen LogP contribution in [0.4, 0.5) is 19.4 Å². The molecule has 2 unspecified atom stereocenters. The number of anilines is 1. The summed E-state index contributed by atoms with van der Waals surface area (Å²) >= 11 is 0. The van der Waals surface area contributed by atoms with E-state index in [1.165, 1.54) is 17.8 Å². The third-order valence-electron chi connectivity index (χ3n) is 4.79. The summed E-state index contributed by atoms with van der Waals surface area (Å²) in [6.07, 6.45) is -1.01. The highest BCUT2D eigenvalue weighted by molar-refractivity contribution is 6.02. The summed E-state index contributed by atoms with van der Waals surface area (Å²) in [5, 5.41) is 16.3. The van der Waals surface area contributed by atoms with E-state index in [0.717, 1.165) is 18.5 Å². The minimum absolute atomic E-state index is 0.00912. The molecule has 170 valence electrons. The second-order valence-corrected chi connectivity index (χ2v) is 7.69. The van der Waals surface area contributed by atoms with Gasteiger partial charge in [0.25, 0.3) is 12.3 Å². The van der Waals surface area contributed by atoms with Crippen molar-refractivity contribution in [1.82, 2.24) is 25.3 Å². The van der Waals surface area contributed by atoms with Gasteiger partial charge in [-0.3, -0.25) is 14.6 Å². The number of halogens is 2. The molecule has 2 amide bonds. The van der Waals surface area contributed by atoms with Crippen LogP contribution in [-0.2, 0) is 11.8 Å². The average molecular weight is 440 g/mol. The zero-order chi connectivity index (χ0) is 22.5. The lowest BCUT2D eigenvalue weighted by molar-refractivity contribution is 0.0792. The van der Waals surface area contributed by atoms with Gasteiger partial charge in [0.1, 0.15) is 11.8 Å². The molecule has 0 radical (unpaired) electrons. The Morgan fingerprint density at radius 2 is 2.10 bits per heavy atom. The van der Waals surface area contributed by atoms with Gasteiger partial charge in [0, 0.05) is 36.8 Å². The van der Waals surface area contributed by atoms with E-state index < -0.39 is 25.0 Å². The molecule has 3 N–H and O–H groups in total. The molecule has 0 aliphatic heterocycles. The van der Waals surface area contributed by atoms with Crippen molar-refractivity contribution in [3.63, 3.8) is 0 Å². The van der Waals surface area contributed by atoms with Gasteiger partial charge in [-0.2, -0.15) is 5.10 Å². The number of carbonyl (C=O) groups excluding carboxylic acids is 2. The summed E-state index contributed by atoms with van der Waals surface area (Å²) < 4.78 is 36.0. The Balaban J connectivity index is 1.54. The zero-order valence-corrected chi connectivity index (χ0v) is 17.5. The molecule has 2 aromatic heterocycles. The number of nitrogens with one attached hydrogen (secondary N) is 3. The molecule has 0 aromatic carbocycles. The van der Waals surface area contributed by atoms with Crippen LogP contribution in [0.1, 0.15) is 55.2 Å². The largest absolute Gasteiger partial charge is 0.471 e. The first-order chi connectivity index (χ1) is 14.7. The molecule has 31 heavy (non-hydrogen) atoms. The number of alkyl carbamates (subject to hydrolysis) is 1. The summed E-state index contributed by atoms with van der Waals surface area (Å²) in [6.45, 7) is 2.93. The summed E-state index contributed by atoms with van der Waals surface area (Å²) in [6, 6.07) is 3.02. The SMILES string of the molecule is CC(C)NC(=O)OC1CCC(c2cc(NC(=O)c3cc(OCC(F)F)nn3C)n[nH]2)C1. The molecule has 2 atom stereocenters. The van der Waals surface area contributed by atoms with E-state index in [1.807, 2.05) is 13.8 Å². The van der Waals surface area contributed by atoms with Gasteiger partial charge < -0.3 is 20.1 Å². The fraction of sp³-hybridized carbons (Fsp3) is 0.579. The molecule has 0 bridgehead atoms. The van der Waals surface area contributed by atoms with Crippen LogP contribution in [0.5, 0.6) is 5.88 Å². The van der Waals surface area contributed by atoms with Crippen LogP contribution in [0.25, 0.3) is 0 Å². The van der Waals surface area contributed by atoms with Crippen molar-refractivity contribution in [2.75, 3.05) is 11.9 Å². The maximum Gasteiger partial charge on any atom is 0.407 e. The number of hydrogen-bond acceptors (Lipinski definition) is 6. The Morgan fingerprint density at radius 3 is 2.81 bits per heavy atom. The van der Waals surface area contributed by atoms with Crippen molar-refractivity contribution in [1.29, 1.82) is 0 Å². The predicted octanol–water partition coefficient (Wildman–Crippen LogP) is 2.81. The van der Waals surface area contributed by atoms with Crippen LogP contribution in [0.15, 0.2) is 12.1 Å². The van der Waals surface area contributed by atoms with Crippen LogP contribution < -0.4 is 15.4 Å². The van der Waals surface area contributed by atoms with Crippen LogP contribution in [-0.4, -0.2) is 57.2 Å². The number of ether oxygens (including phenoxy) is 2. The lowest BCUT2D eigenvalue weighted by atomic mass is 10.0. The predicted molar refractivity (Wildman–Crippen MR) is 106 cm³/mol. The Hall–Kier alpha value is -3.18. The number of aromatic amines is 1. The van der Waals surface area contributed by atoms with Crippen LogP contribution in [0.2, 0.25) is 0 Å². The fourth-order valence-electron chi connectivity index (χ4n) is 3.41. The Labute approximate surface area is 177 Å². The summed E-state index contributed by atoms with van der Waals surface area (Å²) in [4.78, 5) is 24.2. The number of H-pyrrole nitrogens is 1. The Morgan fingerprint density at radius 1 is 1.32 bits per heavy atom. The van der Waals surface area contributed by atoms with Gasteiger partial charge >= 0.3 is 6.09 Å². The molecule has 2 aromatic rings. The quantitative estimate of drug-likeness (QED) is 0.580. The van der Waals surface area contributed by atoms with Gasteiger partial charge in [0.15, 0.2) is 12.4 Å². The molecule has 1 aliphatic carbocycles. The van der Waals surface area contributed by atoms with Crippen molar-refractivity contribution in [2.24, 2.45) is 7.05 Å². The monoisotopic (exact) mass is 440 g/mol. The number of nitrogens with zero attached hydrogens (tertiary/aromatic N) is 3. The second-order valence-electron chi connectivity index (χ2n) is 7.69. The number of hydrogen-bond donors (Lipinski definition) is 3. The van der Waals surface area contributed by atoms with Crippen LogP contribution >= 0.6 is 0 Å². The summed E-state index contributed by atoms with van der Waals surface area (Å²) in [5.74, 6) is -0.119. The van der Waals surface area contributed by atoms with Gasteiger partial charge in [0.2, 0.25) is 5.88 Å². The minimum Gasteiger partial charge on any atom is -0.471 e. The maximum atomic E-state index is 12.5. The highest BCUT2D eigenvalue weighted by atomic mass is 19.3. The van der Waals surface area contributed by atoms with Crippen molar-refractivity contribution in [2.45, 2.75) is 57.6 Å². The highest BCUT2D eigenvalue weighted by Crippen LogP contribution is 2.35. The molecule has 3 rings (SSSR count). The van der Waals surface area contributed by atoms with E-state index in [1.54, 1.807) is 6.07 Å². The number of carbonyl (C=O) groups is 2. The third-order valence-corrected chi connectivity index (χ3v) is 4.79. The molecule has 1 saturated carbocycles. The highest BCUT2D eigenvalue weighted by Gasteiger charge is 2.30. The third kappa shape index (κ3) is 6.15. The van der Waals surface area contributed by atoms with Crippen LogP contribution in [0, 0.1) is 0 Å². The van der Waals surface area contributed by atoms with E-state index in [9.17, 15) is 18.4 Å². The molecule has 12 heteroatoms. The van der Waals surface area contributed by atoms with Crippen LogP contribution in [0.3, 0.4) is 0 Å². The molecular formula is C19H26F2N6O4. The number of rotatable bonds is 8. The van der Waals surface area contributed by atoms with E-state index in [2.05, 4.69) is 25.9 Å². The normalized spacial score (nSPS) is 18.4. The lowest BCUT2D eigenvalue weighted by Crippen LogP contribution is -2.33. The molecule has 1 aliphatic rings.